The lowest BCUT2D eigenvalue weighted by molar-refractivity contribution is -0.301. The minimum atomic E-state index is -1.41. The van der Waals surface area contributed by atoms with E-state index in [0.717, 1.165) is 38.0 Å². The van der Waals surface area contributed by atoms with Gasteiger partial charge in [0.2, 0.25) is 0 Å². The van der Waals surface area contributed by atoms with Gasteiger partial charge in [0.25, 0.3) is 0 Å². The molecule has 5 atom stereocenters. The third-order valence-electron chi connectivity index (χ3n) is 7.68. The van der Waals surface area contributed by atoms with Gasteiger partial charge >= 0.3 is 0 Å². The van der Waals surface area contributed by atoms with Crippen molar-refractivity contribution in [2.24, 2.45) is 0 Å². The third kappa shape index (κ3) is 14.3. The molecule has 0 amide bonds. The highest BCUT2D eigenvalue weighted by Gasteiger charge is 2.43. The lowest BCUT2D eigenvalue weighted by Crippen LogP contribution is -2.59. The van der Waals surface area contributed by atoms with Gasteiger partial charge in [-0.3, -0.25) is 0 Å². The van der Waals surface area contributed by atoms with Gasteiger partial charge in [0.1, 0.15) is 30.2 Å². The average molecular weight is 553 g/mol. The zero-order valence-electron chi connectivity index (χ0n) is 24.4. The zero-order chi connectivity index (χ0) is 28.1. The summed E-state index contributed by atoms with van der Waals surface area (Å²) in [4.78, 5) is 0. The number of unbranched alkanes of at least 4 members (excludes halogenated alkanes) is 14. The van der Waals surface area contributed by atoms with E-state index in [-0.39, 0.29) is 0 Å². The van der Waals surface area contributed by atoms with Crippen molar-refractivity contribution in [2.45, 2.75) is 147 Å². The summed E-state index contributed by atoms with van der Waals surface area (Å²) >= 11 is 0. The molecule has 1 aromatic rings. The number of rotatable bonds is 23. The average Bonchev–Trinajstić information content (AvgIpc) is 2.95. The second-order valence-electron chi connectivity index (χ2n) is 11.1. The number of aliphatic hydroxyl groups excluding tert-OH is 4. The van der Waals surface area contributed by atoms with Gasteiger partial charge in [-0.1, -0.05) is 103 Å². The van der Waals surface area contributed by atoms with Crippen LogP contribution < -0.4 is 4.74 Å². The van der Waals surface area contributed by atoms with Gasteiger partial charge in [0.15, 0.2) is 6.29 Å². The first-order chi connectivity index (χ1) is 19.1. The van der Waals surface area contributed by atoms with Gasteiger partial charge in [-0.2, -0.15) is 0 Å². The number of hydrogen-bond acceptors (Lipinski definition) is 7. The molecule has 7 heteroatoms. The highest BCUT2D eigenvalue weighted by Crippen LogP contribution is 2.22. The Bertz CT molecular complexity index is 696. The summed E-state index contributed by atoms with van der Waals surface area (Å²) in [6, 6.07) is 8.26. The molecule has 4 N–H and O–H groups in total. The van der Waals surface area contributed by atoms with E-state index in [2.05, 4.69) is 19.1 Å². The lowest BCUT2D eigenvalue weighted by atomic mass is 9.99. The summed E-state index contributed by atoms with van der Waals surface area (Å²) in [5.41, 5.74) is 1.23. The van der Waals surface area contributed by atoms with Crippen molar-refractivity contribution >= 4 is 0 Å². The van der Waals surface area contributed by atoms with Crippen LogP contribution >= 0.6 is 0 Å². The van der Waals surface area contributed by atoms with Crippen molar-refractivity contribution < 1.29 is 34.6 Å². The van der Waals surface area contributed by atoms with Crippen molar-refractivity contribution in [2.75, 3.05) is 19.8 Å². The normalized spacial score (nSPS) is 23.3. The fourth-order valence-corrected chi connectivity index (χ4v) is 5.07. The van der Waals surface area contributed by atoms with Crippen LogP contribution in [0, 0.1) is 0 Å². The highest BCUT2D eigenvalue weighted by atomic mass is 16.7. The molecular weight excluding hydrogens is 496 g/mol. The first-order valence-electron chi connectivity index (χ1n) is 15.7. The molecule has 0 bridgehead atoms. The maximum absolute atomic E-state index is 10.0. The van der Waals surface area contributed by atoms with E-state index in [9.17, 15) is 20.4 Å². The molecule has 1 aliphatic rings. The second kappa shape index (κ2) is 21.5. The van der Waals surface area contributed by atoms with Crippen LogP contribution in [-0.2, 0) is 15.9 Å². The number of ether oxygens (including phenoxy) is 3. The number of aliphatic hydroxyl groups is 4. The molecule has 0 saturated carbocycles. The lowest BCUT2D eigenvalue weighted by Gasteiger charge is -2.39. The molecule has 1 saturated heterocycles. The second-order valence-corrected chi connectivity index (χ2v) is 11.1. The summed E-state index contributed by atoms with van der Waals surface area (Å²) in [7, 11) is 0. The van der Waals surface area contributed by atoms with E-state index in [1.54, 1.807) is 0 Å². The van der Waals surface area contributed by atoms with E-state index in [0.29, 0.717) is 6.61 Å². The molecule has 7 nitrogen and oxygen atoms in total. The molecular formula is C32H56O7. The molecule has 1 aromatic carbocycles. The minimum Gasteiger partial charge on any atom is -0.494 e. The monoisotopic (exact) mass is 552 g/mol. The van der Waals surface area contributed by atoms with Crippen LogP contribution in [0.2, 0.25) is 0 Å². The summed E-state index contributed by atoms with van der Waals surface area (Å²) in [5.74, 6) is 0.916. The van der Waals surface area contributed by atoms with Gasteiger partial charge in [-0.15, -0.1) is 0 Å². The quantitative estimate of drug-likeness (QED) is 0.129. The standard InChI is InChI=1S/C32H56O7/c1-2-3-4-5-6-7-8-9-10-11-12-13-14-16-23-37-27-21-19-26(20-22-27)18-15-17-24-38-32-31(36)30(35)29(34)28(25-33)39-32/h19-22,28-36H,2-18,23-25H2,1H3. The Morgan fingerprint density at radius 2 is 1.18 bits per heavy atom. The summed E-state index contributed by atoms with van der Waals surface area (Å²) < 4.78 is 16.8. The van der Waals surface area contributed by atoms with Gasteiger partial charge in [0, 0.05) is 6.61 Å². The van der Waals surface area contributed by atoms with Crippen LogP contribution in [0.3, 0.4) is 0 Å². The van der Waals surface area contributed by atoms with E-state index in [4.69, 9.17) is 14.2 Å². The molecule has 1 heterocycles. The van der Waals surface area contributed by atoms with Crippen LogP contribution in [0.4, 0.5) is 0 Å². The van der Waals surface area contributed by atoms with Crippen LogP contribution in [-0.4, -0.2) is 71.0 Å². The number of benzene rings is 1. The smallest absolute Gasteiger partial charge is 0.186 e. The Balaban J connectivity index is 1.42. The first kappa shape index (κ1) is 34.0. The van der Waals surface area contributed by atoms with Crippen LogP contribution in [0.5, 0.6) is 5.75 Å². The molecule has 2 rings (SSSR count). The highest BCUT2D eigenvalue weighted by molar-refractivity contribution is 5.27. The Kier molecular flexibility index (Phi) is 18.7. The van der Waals surface area contributed by atoms with Crippen LogP contribution in [0.1, 0.15) is 115 Å². The maximum Gasteiger partial charge on any atom is 0.186 e. The van der Waals surface area contributed by atoms with Crippen molar-refractivity contribution in [3.05, 3.63) is 29.8 Å². The third-order valence-corrected chi connectivity index (χ3v) is 7.68. The van der Waals surface area contributed by atoms with Crippen LogP contribution in [0.15, 0.2) is 24.3 Å². The molecule has 0 radical (unpaired) electrons. The topological polar surface area (TPSA) is 109 Å². The Morgan fingerprint density at radius 3 is 1.74 bits per heavy atom. The molecule has 0 aromatic heterocycles. The van der Waals surface area contributed by atoms with E-state index >= 15 is 0 Å². The Labute approximate surface area is 236 Å². The summed E-state index contributed by atoms with van der Waals surface area (Å²) in [6.07, 6.45) is 15.4. The molecule has 226 valence electrons. The summed E-state index contributed by atoms with van der Waals surface area (Å²) in [6.45, 7) is 2.94. The fraction of sp³-hybridized carbons (Fsp3) is 0.812. The molecule has 0 aliphatic carbocycles. The predicted octanol–water partition coefficient (Wildman–Crippen LogP) is 5.69. The van der Waals surface area contributed by atoms with Gasteiger partial charge in [0.05, 0.1) is 13.2 Å². The summed E-state index contributed by atoms with van der Waals surface area (Å²) in [5, 5.41) is 38.9. The van der Waals surface area contributed by atoms with Gasteiger partial charge in [-0.05, 0) is 43.4 Å². The van der Waals surface area contributed by atoms with Crippen molar-refractivity contribution in [3.8, 4) is 5.75 Å². The van der Waals surface area contributed by atoms with E-state index in [1.165, 1.54) is 89.0 Å². The van der Waals surface area contributed by atoms with Crippen molar-refractivity contribution in [1.29, 1.82) is 0 Å². The molecule has 1 fully saturated rings. The molecule has 0 spiro atoms. The van der Waals surface area contributed by atoms with Crippen molar-refractivity contribution in [3.63, 3.8) is 0 Å². The van der Waals surface area contributed by atoms with Gasteiger partial charge in [-0.25, -0.2) is 0 Å². The zero-order valence-corrected chi connectivity index (χ0v) is 24.4. The molecule has 1 aliphatic heterocycles. The fourth-order valence-electron chi connectivity index (χ4n) is 5.07. The van der Waals surface area contributed by atoms with E-state index in [1.807, 2.05) is 12.1 Å². The largest absolute Gasteiger partial charge is 0.494 e. The first-order valence-corrected chi connectivity index (χ1v) is 15.7. The number of hydrogen-bond donors (Lipinski definition) is 4. The maximum atomic E-state index is 10.0. The van der Waals surface area contributed by atoms with Gasteiger partial charge < -0.3 is 34.6 Å². The van der Waals surface area contributed by atoms with Crippen molar-refractivity contribution in [1.82, 2.24) is 0 Å². The molecule has 5 unspecified atom stereocenters. The predicted molar refractivity (Wildman–Crippen MR) is 155 cm³/mol. The SMILES string of the molecule is CCCCCCCCCCCCCCCCOc1ccc(CCCCOC2OC(CO)C(O)C(O)C2O)cc1. The van der Waals surface area contributed by atoms with Crippen LogP contribution in [0.25, 0.3) is 0 Å². The van der Waals surface area contributed by atoms with E-state index < -0.39 is 37.3 Å². The Morgan fingerprint density at radius 1 is 0.641 bits per heavy atom. The molecule has 39 heavy (non-hydrogen) atoms. The number of aryl methyl sites for hydroxylation is 1. The minimum absolute atomic E-state index is 0.350. The Hall–Kier alpha value is -1.22.